The highest BCUT2D eigenvalue weighted by Gasteiger charge is 2.36. The Labute approximate surface area is 112 Å². The van der Waals surface area contributed by atoms with Gasteiger partial charge in [0.05, 0.1) is 11.1 Å². The summed E-state index contributed by atoms with van der Waals surface area (Å²) in [6.07, 6.45) is 1.34. The number of rotatable bonds is 5. The first-order chi connectivity index (χ1) is 9.03. The summed E-state index contributed by atoms with van der Waals surface area (Å²) in [6.45, 7) is 4.48. The molecule has 1 aromatic heterocycles. The van der Waals surface area contributed by atoms with Crippen LogP contribution in [0.2, 0.25) is 0 Å². The fourth-order valence-electron chi connectivity index (χ4n) is 2.29. The number of aromatic nitrogens is 1. The van der Waals surface area contributed by atoms with Gasteiger partial charge in [0.25, 0.3) is 0 Å². The van der Waals surface area contributed by atoms with E-state index in [9.17, 15) is 9.90 Å². The molecule has 1 N–H and O–H groups in total. The van der Waals surface area contributed by atoms with Crippen molar-refractivity contribution in [2.45, 2.75) is 32.9 Å². The summed E-state index contributed by atoms with van der Waals surface area (Å²) in [6, 6.07) is 1.88. The molecule has 6 nitrogen and oxygen atoms in total. The summed E-state index contributed by atoms with van der Waals surface area (Å²) < 4.78 is 10.1. The number of carboxylic acid groups (broad SMARTS) is 1. The van der Waals surface area contributed by atoms with E-state index in [0.717, 1.165) is 18.8 Å². The molecule has 0 radical (unpaired) electrons. The molecule has 2 rings (SSSR count). The first-order valence-corrected chi connectivity index (χ1v) is 6.43. The van der Waals surface area contributed by atoms with Crippen molar-refractivity contribution in [1.29, 1.82) is 0 Å². The maximum absolute atomic E-state index is 11.2. The van der Waals surface area contributed by atoms with Gasteiger partial charge in [0.1, 0.15) is 6.61 Å². The van der Waals surface area contributed by atoms with E-state index in [-0.39, 0.29) is 0 Å². The van der Waals surface area contributed by atoms with Gasteiger partial charge in [0.15, 0.2) is 5.76 Å². The fourth-order valence-corrected chi connectivity index (χ4v) is 2.29. The molecule has 0 amide bonds. The predicted octanol–water partition coefficient (Wildman–Crippen LogP) is 1.51. The molecular weight excluding hydrogens is 248 g/mol. The normalized spacial score (nSPS) is 19.5. The highest BCUT2D eigenvalue weighted by atomic mass is 16.5. The minimum absolute atomic E-state index is 0.421. The van der Waals surface area contributed by atoms with Crippen LogP contribution >= 0.6 is 0 Å². The molecule has 0 aromatic carbocycles. The van der Waals surface area contributed by atoms with Gasteiger partial charge in [0, 0.05) is 19.7 Å². The zero-order chi connectivity index (χ0) is 13.9. The lowest BCUT2D eigenvalue weighted by Gasteiger charge is -2.35. The molecule has 0 atom stereocenters. The van der Waals surface area contributed by atoms with Gasteiger partial charge in [-0.05, 0) is 32.9 Å². The van der Waals surface area contributed by atoms with E-state index in [2.05, 4.69) is 10.1 Å². The summed E-state index contributed by atoms with van der Waals surface area (Å²) in [4.78, 5) is 13.4. The number of piperidine rings is 1. The first-order valence-electron chi connectivity index (χ1n) is 6.43. The van der Waals surface area contributed by atoms with Crippen molar-refractivity contribution >= 4 is 5.97 Å². The Kier molecular flexibility index (Phi) is 4.21. The van der Waals surface area contributed by atoms with Crippen LogP contribution in [0.15, 0.2) is 10.6 Å². The second-order valence-corrected chi connectivity index (χ2v) is 5.36. The summed E-state index contributed by atoms with van der Waals surface area (Å²) >= 11 is 0. The summed E-state index contributed by atoms with van der Waals surface area (Å²) in [5.41, 5.74) is 0.285. The quantitative estimate of drug-likeness (QED) is 0.872. The highest BCUT2D eigenvalue weighted by Crippen LogP contribution is 2.31. The second-order valence-electron chi connectivity index (χ2n) is 5.36. The number of likely N-dealkylation sites (tertiary alicyclic amines) is 1. The van der Waals surface area contributed by atoms with Crippen LogP contribution in [0.25, 0.3) is 0 Å². The lowest BCUT2D eigenvalue weighted by molar-refractivity contribution is -0.150. The van der Waals surface area contributed by atoms with Gasteiger partial charge in [-0.2, -0.15) is 0 Å². The van der Waals surface area contributed by atoms with E-state index in [1.165, 1.54) is 0 Å². The molecule has 1 saturated heterocycles. The highest BCUT2D eigenvalue weighted by molar-refractivity contribution is 5.74. The Morgan fingerprint density at radius 2 is 2.26 bits per heavy atom. The molecule has 1 aliphatic heterocycles. The fraction of sp³-hybridized carbons (Fsp3) is 0.692. The molecule has 0 saturated carbocycles. The molecule has 0 bridgehead atoms. The molecule has 106 valence electrons. The minimum Gasteiger partial charge on any atom is -0.481 e. The van der Waals surface area contributed by atoms with Crippen LogP contribution in [-0.2, 0) is 22.7 Å². The number of ether oxygens (including phenoxy) is 1. The molecule has 0 spiro atoms. The van der Waals surface area contributed by atoms with Crippen molar-refractivity contribution in [1.82, 2.24) is 10.1 Å². The van der Waals surface area contributed by atoms with E-state index >= 15 is 0 Å². The van der Waals surface area contributed by atoms with Gasteiger partial charge in [0.2, 0.25) is 0 Å². The van der Waals surface area contributed by atoms with E-state index in [4.69, 9.17) is 9.26 Å². The van der Waals surface area contributed by atoms with Crippen LogP contribution in [0, 0.1) is 5.41 Å². The Bertz CT molecular complexity index is 436. The largest absolute Gasteiger partial charge is 0.481 e. The average Bonchev–Trinajstić information content (AvgIpc) is 2.80. The van der Waals surface area contributed by atoms with E-state index in [1.807, 2.05) is 13.0 Å². The number of nitrogens with zero attached hydrogens (tertiary/aromatic N) is 2. The van der Waals surface area contributed by atoms with Crippen LogP contribution in [0.1, 0.15) is 31.2 Å². The molecular formula is C13H20N2O4. The molecule has 1 aliphatic rings. The van der Waals surface area contributed by atoms with E-state index in [1.54, 1.807) is 7.11 Å². The molecule has 0 aliphatic carbocycles. The third-order valence-electron chi connectivity index (χ3n) is 3.76. The number of methoxy groups -OCH3 is 1. The van der Waals surface area contributed by atoms with E-state index in [0.29, 0.717) is 31.8 Å². The number of hydrogen-bond acceptors (Lipinski definition) is 5. The summed E-state index contributed by atoms with van der Waals surface area (Å²) in [7, 11) is 1.61. The Morgan fingerprint density at radius 3 is 2.84 bits per heavy atom. The van der Waals surface area contributed by atoms with Crippen molar-refractivity contribution in [3.63, 3.8) is 0 Å². The van der Waals surface area contributed by atoms with Gasteiger partial charge in [-0.25, -0.2) is 0 Å². The lowest BCUT2D eigenvalue weighted by atomic mass is 9.80. The molecule has 2 heterocycles. The van der Waals surface area contributed by atoms with Crippen molar-refractivity contribution in [2.75, 3.05) is 20.2 Å². The number of hydrogen-bond donors (Lipinski definition) is 1. The molecule has 6 heteroatoms. The molecule has 1 aromatic rings. The third-order valence-corrected chi connectivity index (χ3v) is 3.76. The van der Waals surface area contributed by atoms with E-state index < -0.39 is 11.4 Å². The third kappa shape index (κ3) is 3.33. The van der Waals surface area contributed by atoms with Crippen LogP contribution < -0.4 is 0 Å². The van der Waals surface area contributed by atoms with Gasteiger partial charge in [-0.3, -0.25) is 9.69 Å². The zero-order valence-electron chi connectivity index (χ0n) is 11.4. The van der Waals surface area contributed by atoms with Gasteiger partial charge in [-0.15, -0.1) is 0 Å². The maximum atomic E-state index is 11.2. The number of aliphatic carboxylic acids is 1. The lowest BCUT2D eigenvalue weighted by Crippen LogP contribution is -2.42. The monoisotopic (exact) mass is 268 g/mol. The van der Waals surface area contributed by atoms with Crippen LogP contribution in [0.5, 0.6) is 0 Å². The first kappa shape index (κ1) is 14.0. The molecule has 1 fully saturated rings. The summed E-state index contributed by atoms with van der Waals surface area (Å²) in [5, 5.41) is 13.2. The van der Waals surface area contributed by atoms with Crippen molar-refractivity contribution in [3.05, 3.63) is 17.5 Å². The van der Waals surface area contributed by atoms with Crippen LogP contribution in [-0.4, -0.2) is 41.3 Å². The van der Waals surface area contributed by atoms with Crippen molar-refractivity contribution < 1.29 is 19.2 Å². The van der Waals surface area contributed by atoms with Crippen molar-refractivity contribution in [2.24, 2.45) is 5.41 Å². The zero-order valence-corrected chi connectivity index (χ0v) is 11.4. The van der Waals surface area contributed by atoms with Gasteiger partial charge >= 0.3 is 5.97 Å². The number of carboxylic acids is 1. The molecule has 19 heavy (non-hydrogen) atoms. The van der Waals surface area contributed by atoms with Crippen LogP contribution in [0.3, 0.4) is 0 Å². The second kappa shape index (κ2) is 5.71. The average molecular weight is 268 g/mol. The SMILES string of the molecule is COCc1cc(CN2CCC(C)(C(=O)O)CC2)no1. The Hall–Kier alpha value is -1.40. The Morgan fingerprint density at radius 1 is 1.58 bits per heavy atom. The smallest absolute Gasteiger partial charge is 0.309 e. The minimum atomic E-state index is -0.698. The molecule has 0 unspecified atom stereocenters. The predicted molar refractivity (Wildman–Crippen MR) is 67.5 cm³/mol. The number of carbonyl (C=O) groups is 1. The summed E-state index contributed by atoms with van der Waals surface area (Å²) in [5.74, 6) is 0.0147. The standard InChI is InChI=1S/C13H20N2O4/c1-13(12(16)17)3-5-15(6-4-13)8-10-7-11(9-18-2)19-14-10/h7H,3-6,8-9H2,1-2H3,(H,16,17). The topological polar surface area (TPSA) is 75.8 Å². The maximum Gasteiger partial charge on any atom is 0.309 e. The van der Waals surface area contributed by atoms with Gasteiger partial charge < -0.3 is 14.4 Å². The van der Waals surface area contributed by atoms with Crippen molar-refractivity contribution in [3.8, 4) is 0 Å². The van der Waals surface area contributed by atoms with Gasteiger partial charge in [-0.1, -0.05) is 5.16 Å². The van der Waals surface area contributed by atoms with Crippen LogP contribution in [0.4, 0.5) is 0 Å². The Balaban J connectivity index is 1.86.